The maximum atomic E-state index is 6.12. The Bertz CT molecular complexity index is 110. The SMILES string of the molecule is CC(C)[Si]1(N)CCCCO1. The quantitative estimate of drug-likeness (QED) is 0.590. The highest BCUT2D eigenvalue weighted by atomic mass is 28.4. The molecule has 0 aromatic rings. The molecule has 0 aromatic carbocycles. The Hall–Kier alpha value is 0.137. The summed E-state index contributed by atoms with van der Waals surface area (Å²) in [6.07, 6.45) is 2.49. The topological polar surface area (TPSA) is 35.2 Å². The highest BCUT2D eigenvalue weighted by molar-refractivity contribution is 6.72. The molecule has 2 N–H and O–H groups in total. The molecule has 10 heavy (non-hydrogen) atoms. The zero-order valence-corrected chi connectivity index (χ0v) is 7.89. The summed E-state index contributed by atoms with van der Waals surface area (Å²) in [5.74, 6) is 0. The molecule has 2 nitrogen and oxygen atoms in total. The third kappa shape index (κ3) is 1.59. The summed E-state index contributed by atoms with van der Waals surface area (Å²) in [5.41, 5.74) is 0.577. The molecule has 60 valence electrons. The van der Waals surface area contributed by atoms with E-state index in [-0.39, 0.29) is 0 Å². The van der Waals surface area contributed by atoms with E-state index in [0.29, 0.717) is 5.54 Å². The molecule has 0 spiro atoms. The number of hydrogen-bond acceptors (Lipinski definition) is 2. The third-order valence-corrected chi connectivity index (χ3v) is 6.14. The van der Waals surface area contributed by atoms with Crippen LogP contribution in [0.5, 0.6) is 0 Å². The van der Waals surface area contributed by atoms with Crippen molar-refractivity contribution in [3.05, 3.63) is 0 Å². The molecule has 3 heteroatoms. The molecule has 1 aliphatic rings. The van der Waals surface area contributed by atoms with Gasteiger partial charge in [-0.15, -0.1) is 0 Å². The van der Waals surface area contributed by atoms with Crippen LogP contribution in [0.3, 0.4) is 0 Å². The Morgan fingerprint density at radius 2 is 2.10 bits per heavy atom. The van der Waals surface area contributed by atoms with E-state index in [0.717, 1.165) is 12.7 Å². The minimum atomic E-state index is -1.71. The van der Waals surface area contributed by atoms with Crippen LogP contribution in [0.4, 0.5) is 0 Å². The minimum absolute atomic E-state index is 0.577. The smallest absolute Gasteiger partial charge is 0.268 e. The average molecular weight is 159 g/mol. The lowest BCUT2D eigenvalue weighted by Crippen LogP contribution is -2.53. The van der Waals surface area contributed by atoms with E-state index in [2.05, 4.69) is 13.8 Å². The Morgan fingerprint density at radius 1 is 1.40 bits per heavy atom. The Balaban J connectivity index is 2.48. The van der Waals surface area contributed by atoms with Gasteiger partial charge in [-0.25, -0.2) is 0 Å². The summed E-state index contributed by atoms with van der Waals surface area (Å²) in [4.78, 5) is 0. The molecule has 0 amide bonds. The first-order valence-electron chi connectivity index (χ1n) is 4.08. The van der Waals surface area contributed by atoms with E-state index in [1.54, 1.807) is 0 Å². The van der Waals surface area contributed by atoms with Gasteiger partial charge in [-0.2, -0.15) is 0 Å². The first-order valence-corrected chi connectivity index (χ1v) is 6.35. The van der Waals surface area contributed by atoms with Crippen molar-refractivity contribution in [1.82, 2.24) is 0 Å². The fourth-order valence-corrected chi connectivity index (χ4v) is 3.68. The molecule has 0 radical (unpaired) electrons. The lowest BCUT2D eigenvalue weighted by atomic mass is 10.4. The molecule has 1 atom stereocenters. The van der Waals surface area contributed by atoms with Crippen LogP contribution in [0.2, 0.25) is 11.6 Å². The van der Waals surface area contributed by atoms with Gasteiger partial charge in [-0.1, -0.05) is 20.3 Å². The first-order chi connectivity index (χ1) is 4.65. The largest absolute Gasteiger partial charge is 0.403 e. The lowest BCUT2D eigenvalue weighted by molar-refractivity contribution is 0.260. The maximum Gasteiger partial charge on any atom is 0.268 e. The van der Waals surface area contributed by atoms with E-state index in [9.17, 15) is 0 Å². The van der Waals surface area contributed by atoms with Crippen LogP contribution in [0.1, 0.15) is 26.7 Å². The monoisotopic (exact) mass is 159 g/mol. The lowest BCUT2D eigenvalue weighted by Gasteiger charge is -2.33. The van der Waals surface area contributed by atoms with Crippen molar-refractivity contribution in [3.8, 4) is 0 Å². The highest BCUT2D eigenvalue weighted by Gasteiger charge is 2.36. The Kier molecular flexibility index (Phi) is 2.49. The van der Waals surface area contributed by atoms with Gasteiger partial charge in [0.1, 0.15) is 0 Å². The summed E-state index contributed by atoms with van der Waals surface area (Å²) in [7, 11) is -1.71. The second-order valence-corrected chi connectivity index (χ2v) is 7.27. The van der Waals surface area contributed by atoms with E-state index in [1.807, 2.05) is 0 Å². The van der Waals surface area contributed by atoms with Gasteiger partial charge in [0.05, 0.1) is 0 Å². The summed E-state index contributed by atoms with van der Waals surface area (Å²) in [6, 6.07) is 1.16. The van der Waals surface area contributed by atoms with Crippen molar-refractivity contribution in [2.45, 2.75) is 38.3 Å². The summed E-state index contributed by atoms with van der Waals surface area (Å²) >= 11 is 0. The van der Waals surface area contributed by atoms with E-state index in [1.165, 1.54) is 12.8 Å². The van der Waals surface area contributed by atoms with Crippen molar-refractivity contribution >= 4 is 8.48 Å². The minimum Gasteiger partial charge on any atom is -0.403 e. The molecule has 0 aliphatic carbocycles. The number of hydrogen-bond donors (Lipinski definition) is 1. The zero-order chi connectivity index (χ0) is 7.61. The summed E-state index contributed by atoms with van der Waals surface area (Å²) in [6.45, 7) is 5.26. The van der Waals surface area contributed by atoms with Crippen LogP contribution >= 0.6 is 0 Å². The number of rotatable bonds is 1. The van der Waals surface area contributed by atoms with Crippen molar-refractivity contribution < 1.29 is 4.43 Å². The summed E-state index contributed by atoms with van der Waals surface area (Å²) < 4.78 is 5.64. The first kappa shape index (κ1) is 8.24. The van der Waals surface area contributed by atoms with Crippen molar-refractivity contribution in [2.24, 2.45) is 5.40 Å². The summed E-state index contributed by atoms with van der Waals surface area (Å²) in [5, 5.41) is 6.12. The second-order valence-electron chi connectivity index (χ2n) is 3.42. The van der Waals surface area contributed by atoms with Crippen LogP contribution in [-0.4, -0.2) is 15.1 Å². The van der Waals surface area contributed by atoms with Gasteiger partial charge >= 0.3 is 0 Å². The van der Waals surface area contributed by atoms with Gasteiger partial charge in [-0.05, 0) is 18.0 Å². The van der Waals surface area contributed by atoms with E-state index >= 15 is 0 Å². The van der Waals surface area contributed by atoms with Crippen LogP contribution < -0.4 is 5.40 Å². The fraction of sp³-hybridized carbons (Fsp3) is 1.00. The maximum absolute atomic E-state index is 6.12. The van der Waals surface area contributed by atoms with E-state index < -0.39 is 8.48 Å². The highest BCUT2D eigenvalue weighted by Crippen LogP contribution is 2.26. The van der Waals surface area contributed by atoms with Crippen LogP contribution in [-0.2, 0) is 4.43 Å². The molecule has 1 saturated heterocycles. The predicted molar refractivity (Wildman–Crippen MR) is 45.0 cm³/mol. The van der Waals surface area contributed by atoms with Crippen molar-refractivity contribution in [2.75, 3.05) is 6.61 Å². The molecule has 1 fully saturated rings. The Morgan fingerprint density at radius 3 is 2.40 bits per heavy atom. The molecule has 0 bridgehead atoms. The molecule has 0 saturated carbocycles. The van der Waals surface area contributed by atoms with Crippen LogP contribution in [0, 0.1) is 0 Å². The zero-order valence-electron chi connectivity index (χ0n) is 6.89. The van der Waals surface area contributed by atoms with E-state index in [4.69, 9.17) is 9.83 Å². The number of nitrogens with two attached hydrogens (primary N) is 1. The standard InChI is InChI=1S/C7H17NOSi/c1-7(2)10(8)6-4-3-5-9-10/h7H,3-6,8H2,1-2H3. The molecular formula is C7H17NOSi. The van der Waals surface area contributed by atoms with Crippen molar-refractivity contribution in [1.29, 1.82) is 0 Å². The fourth-order valence-electron chi connectivity index (χ4n) is 1.29. The molecule has 1 aliphatic heterocycles. The molecule has 1 heterocycles. The molecule has 1 rings (SSSR count). The normalized spacial score (nSPS) is 34.8. The predicted octanol–water partition coefficient (Wildman–Crippen LogP) is 1.61. The van der Waals surface area contributed by atoms with Gasteiger partial charge in [0.15, 0.2) is 0 Å². The third-order valence-electron chi connectivity index (χ3n) is 2.31. The second kappa shape index (κ2) is 3.03. The molecule has 0 aromatic heterocycles. The van der Waals surface area contributed by atoms with Crippen LogP contribution in [0.25, 0.3) is 0 Å². The molecule has 1 unspecified atom stereocenters. The van der Waals surface area contributed by atoms with Gasteiger partial charge in [0, 0.05) is 6.61 Å². The van der Waals surface area contributed by atoms with Crippen molar-refractivity contribution in [3.63, 3.8) is 0 Å². The van der Waals surface area contributed by atoms with Crippen LogP contribution in [0.15, 0.2) is 0 Å². The molecular weight excluding hydrogens is 142 g/mol. The average Bonchev–Trinajstić information content (AvgIpc) is 1.89. The van der Waals surface area contributed by atoms with Gasteiger partial charge in [0.2, 0.25) is 0 Å². The van der Waals surface area contributed by atoms with Gasteiger partial charge in [-0.3, -0.25) is 0 Å². The van der Waals surface area contributed by atoms with Gasteiger partial charge in [0.25, 0.3) is 8.48 Å². The van der Waals surface area contributed by atoms with Gasteiger partial charge < -0.3 is 9.83 Å². The Labute approximate surface area is 64.0 Å².